The van der Waals surface area contributed by atoms with Gasteiger partial charge in [0.05, 0.1) is 23.2 Å². The summed E-state index contributed by atoms with van der Waals surface area (Å²) >= 11 is 0. The third-order valence-electron chi connectivity index (χ3n) is 2.88. The number of nitrogens with zero attached hydrogens (tertiary/aromatic N) is 1. The van der Waals surface area contributed by atoms with Gasteiger partial charge in [-0.25, -0.2) is 0 Å². The number of carbonyl (C=O) groups is 1. The second-order valence-corrected chi connectivity index (χ2v) is 4.58. The van der Waals surface area contributed by atoms with Crippen LogP contribution in [0.4, 0.5) is 11.4 Å². The Morgan fingerprint density at radius 3 is 2.79 bits per heavy atom. The monoisotopic (exact) mass is 265 g/mol. The van der Waals surface area contributed by atoms with Gasteiger partial charge in [-0.15, -0.1) is 0 Å². The van der Waals surface area contributed by atoms with Crippen LogP contribution in [0.5, 0.6) is 5.75 Å². The quantitative estimate of drug-likeness (QED) is 0.408. The average molecular weight is 265 g/mol. The fourth-order valence-corrected chi connectivity index (χ4v) is 1.65. The fraction of sp³-hybridized carbons (Fsp3) is 0.417. The Balaban J connectivity index is 1.86. The van der Waals surface area contributed by atoms with Gasteiger partial charge in [0.1, 0.15) is 5.75 Å². The number of amides is 1. The summed E-state index contributed by atoms with van der Waals surface area (Å²) < 4.78 is 0. The van der Waals surface area contributed by atoms with E-state index in [2.05, 4.69) is 10.6 Å². The van der Waals surface area contributed by atoms with Crippen molar-refractivity contribution >= 4 is 17.3 Å². The fourth-order valence-electron chi connectivity index (χ4n) is 1.65. The molecule has 1 amide bonds. The number of rotatable bonds is 6. The highest BCUT2D eigenvalue weighted by Crippen LogP contribution is 2.28. The minimum absolute atomic E-state index is 0.160. The van der Waals surface area contributed by atoms with Crippen molar-refractivity contribution in [1.82, 2.24) is 5.32 Å². The molecule has 7 heteroatoms. The zero-order valence-electron chi connectivity index (χ0n) is 10.3. The molecular formula is C12H15N3O4. The number of nitro benzene ring substituents is 1. The zero-order chi connectivity index (χ0) is 13.8. The van der Waals surface area contributed by atoms with Crippen molar-refractivity contribution in [2.75, 3.05) is 18.4 Å². The van der Waals surface area contributed by atoms with Gasteiger partial charge in [-0.2, -0.15) is 0 Å². The van der Waals surface area contributed by atoms with Crippen LogP contribution in [0.25, 0.3) is 0 Å². The number of benzene rings is 1. The predicted octanol–water partition coefficient (Wildman–Crippen LogP) is 1.24. The second-order valence-electron chi connectivity index (χ2n) is 4.58. The van der Waals surface area contributed by atoms with Gasteiger partial charge < -0.3 is 15.7 Å². The molecule has 3 N–H and O–H groups in total. The number of nitrogens with one attached hydrogen (secondary N) is 2. The van der Waals surface area contributed by atoms with Crippen molar-refractivity contribution < 1.29 is 14.8 Å². The minimum atomic E-state index is -0.609. The first-order valence-corrected chi connectivity index (χ1v) is 6.04. The number of hydrogen-bond donors (Lipinski definition) is 3. The molecule has 2 rings (SSSR count). The van der Waals surface area contributed by atoms with Crippen LogP contribution >= 0.6 is 0 Å². The summed E-state index contributed by atoms with van der Waals surface area (Å²) in [6.45, 7) is 0.979. The maximum absolute atomic E-state index is 11.6. The smallest absolute Gasteiger partial charge is 0.273 e. The Morgan fingerprint density at radius 1 is 1.47 bits per heavy atom. The van der Waals surface area contributed by atoms with E-state index in [4.69, 9.17) is 0 Å². The van der Waals surface area contributed by atoms with E-state index < -0.39 is 4.92 Å². The van der Waals surface area contributed by atoms with Gasteiger partial charge in [-0.05, 0) is 31.4 Å². The molecule has 19 heavy (non-hydrogen) atoms. The normalized spacial score (nSPS) is 14.1. The van der Waals surface area contributed by atoms with Crippen LogP contribution < -0.4 is 10.6 Å². The van der Waals surface area contributed by atoms with Crippen molar-refractivity contribution in [3.63, 3.8) is 0 Å². The van der Waals surface area contributed by atoms with Crippen LogP contribution in [0.2, 0.25) is 0 Å². The summed E-state index contributed by atoms with van der Waals surface area (Å²) in [5.41, 5.74) is -0.0498. The molecule has 0 radical (unpaired) electrons. The van der Waals surface area contributed by atoms with E-state index in [-0.39, 0.29) is 29.6 Å². The molecule has 0 aromatic heterocycles. The first-order valence-electron chi connectivity index (χ1n) is 6.04. The van der Waals surface area contributed by atoms with Crippen molar-refractivity contribution in [3.8, 4) is 5.75 Å². The van der Waals surface area contributed by atoms with E-state index in [1.54, 1.807) is 0 Å². The number of non-ortho nitro benzene ring substituents is 1. The van der Waals surface area contributed by atoms with Gasteiger partial charge >= 0.3 is 0 Å². The maximum Gasteiger partial charge on any atom is 0.273 e. The predicted molar refractivity (Wildman–Crippen MR) is 69.0 cm³/mol. The van der Waals surface area contributed by atoms with Gasteiger partial charge in [-0.3, -0.25) is 14.9 Å². The van der Waals surface area contributed by atoms with Gasteiger partial charge in [-0.1, -0.05) is 0 Å². The summed E-state index contributed by atoms with van der Waals surface area (Å²) in [6, 6.07) is 3.55. The van der Waals surface area contributed by atoms with E-state index in [0.717, 1.165) is 12.6 Å². The number of anilines is 1. The largest absolute Gasteiger partial charge is 0.506 e. The summed E-state index contributed by atoms with van der Waals surface area (Å²) in [5, 5.41) is 25.6. The highest BCUT2D eigenvalue weighted by Gasteiger charge is 2.20. The first-order chi connectivity index (χ1) is 9.06. The molecule has 0 bridgehead atoms. The molecule has 0 atom stereocenters. The van der Waals surface area contributed by atoms with Crippen molar-refractivity contribution in [2.24, 2.45) is 5.92 Å². The Bertz CT molecular complexity index is 500. The van der Waals surface area contributed by atoms with Crippen LogP contribution in [-0.2, 0) is 4.79 Å². The SMILES string of the molecule is O=C(CNCC1CC1)Nc1ccc([N+](=O)[O-])cc1O. The summed E-state index contributed by atoms with van der Waals surface area (Å²) in [4.78, 5) is 21.5. The first kappa shape index (κ1) is 13.3. The molecule has 0 spiro atoms. The standard InChI is InChI=1S/C12H15N3O4/c16-11-5-9(15(18)19)3-4-10(11)14-12(17)7-13-6-8-1-2-8/h3-5,8,13,16H,1-2,6-7H2,(H,14,17). The Kier molecular flexibility index (Phi) is 3.96. The molecule has 1 aliphatic rings. The van der Waals surface area contributed by atoms with Crippen molar-refractivity contribution in [3.05, 3.63) is 28.3 Å². The van der Waals surface area contributed by atoms with Crippen LogP contribution in [0, 0.1) is 16.0 Å². The molecule has 1 aromatic rings. The lowest BCUT2D eigenvalue weighted by atomic mass is 10.2. The van der Waals surface area contributed by atoms with E-state index >= 15 is 0 Å². The molecular weight excluding hydrogens is 250 g/mol. The Hall–Kier alpha value is -2.15. The summed E-state index contributed by atoms with van der Waals surface area (Å²) in [6.07, 6.45) is 2.41. The third kappa shape index (κ3) is 3.92. The lowest BCUT2D eigenvalue weighted by Crippen LogP contribution is -2.29. The van der Waals surface area contributed by atoms with E-state index in [1.165, 1.54) is 25.0 Å². The number of aromatic hydroxyl groups is 1. The van der Waals surface area contributed by atoms with Crippen LogP contribution in [0.3, 0.4) is 0 Å². The summed E-state index contributed by atoms with van der Waals surface area (Å²) in [7, 11) is 0. The number of carbonyl (C=O) groups excluding carboxylic acids is 1. The lowest BCUT2D eigenvalue weighted by Gasteiger charge is -2.07. The third-order valence-corrected chi connectivity index (χ3v) is 2.88. The molecule has 0 aliphatic heterocycles. The molecule has 1 fully saturated rings. The molecule has 1 aromatic carbocycles. The Labute approximate surface area is 109 Å². The van der Waals surface area contributed by atoms with Gasteiger partial charge in [0, 0.05) is 6.07 Å². The molecule has 0 heterocycles. The van der Waals surface area contributed by atoms with Crippen molar-refractivity contribution in [1.29, 1.82) is 0 Å². The zero-order valence-corrected chi connectivity index (χ0v) is 10.3. The van der Waals surface area contributed by atoms with Crippen LogP contribution in [0.1, 0.15) is 12.8 Å². The van der Waals surface area contributed by atoms with E-state index in [0.29, 0.717) is 5.92 Å². The maximum atomic E-state index is 11.6. The number of phenolic OH excluding ortho intramolecular Hbond substituents is 1. The molecule has 1 aliphatic carbocycles. The summed E-state index contributed by atoms with van der Waals surface area (Å²) in [5.74, 6) is 0.0788. The average Bonchev–Trinajstić information content (AvgIpc) is 3.15. The number of phenols is 1. The van der Waals surface area contributed by atoms with Crippen molar-refractivity contribution in [2.45, 2.75) is 12.8 Å². The highest BCUT2D eigenvalue weighted by atomic mass is 16.6. The van der Waals surface area contributed by atoms with E-state index in [1.807, 2.05) is 0 Å². The van der Waals surface area contributed by atoms with Gasteiger partial charge in [0.25, 0.3) is 5.69 Å². The second kappa shape index (κ2) is 5.66. The van der Waals surface area contributed by atoms with Gasteiger partial charge in [0.2, 0.25) is 5.91 Å². The number of nitro groups is 1. The topological polar surface area (TPSA) is 104 Å². The van der Waals surface area contributed by atoms with E-state index in [9.17, 15) is 20.0 Å². The van der Waals surface area contributed by atoms with Gasteiger partial charge in [0.15, 0.2) is 0 Å². The van der Waals surface area contributed by atoms with Crippen LogP contribution in [-0.4, -0.2) is 29.0 Å². The molecule has 7 nitrogen and oxygen atoms in total. The molecule has 0 saturated heterocycles. The lowest BCUT2D eigenvalue weighted by molar-refractivity contribution is -0.384. The minimum Gasteiger partial charge on any atom is -0.506 e. The molecule has 102 valence electrons. The highest BCUT2D eigenvalue weighted by molar-refractivity contribution is 5.93. The Morgan fingerprint density at radius 2 is 2.21 bits per heavy atom. The molecule has 0 unspecified atom stereocenters. The van der Waals surface area contributed by atoms with Crippen LogP contribution in [0.15, 0.2) is 18.2 Å². The molecule has 1 saturated carbocycles. The number of hydrogen-bond acceptors (Lipinski definition) is 5.